The topological polar surface area (TPSA) is 225 Å². The summed E-state index contributed by atoms with van der Waals surface area (Å²) >= 11 is 0. The van der Waals surface area contributed by atoms with E-state index in [1.807, 2.05) is 0 Å². The fourth-order valence-corrected chi connectivity index (χ4v) is 3.81. The Morgan fingerprint density at radius 2 is 1.46 bits per heavy atom. The maximum absolute atomic E-state index is 12.0. The predicted octanol–water partition coefficient (Wildman–Crippen LogP) is -3.39. The third kappa shape index (κ3) is 5.67. The Balaban J connectivity index is 1.76. The Bertz CT molecular complexity index is 878. The Kier molecular flexibility index (Phi) is 8.87. The summed E-state index contributed by atoms with van der Waals surface area (Å²) < 4.78 is 26.7. The van der Waals surface area contributed by atoms with E-state index in [2.05, 4.69) is 0 Å². The quantitative estimate of drug-likeness (QED) is 0.161. The van der Waals surface area contributed by atoms with Gasteiger partial charge in [-0.1, -0.05) is 0 Å². The van der Waals surface area contributed by atoms with Crippen molar-refractivity contribution in [2.75, 3.05) is 20.3 Å². The molecule has 0 aromatic heterocycles. The van der Waals surface area contributed by atoms with Crippen molar-refractivity contribution in [3.8, 4) is 17.2 Å². The van der Waals surface area contributed by atoms with Crippen LogP contribution in [0.5, 0.6) is 17.2 Å². The SMILES string of the molecule is COc1cc(O)c(C(C)=O)c(O[C@H]2O[C@@H](CO[C@@H]3O[C@H](CO)[C@H](O)[C@H](O)[C@@H]3O)[C@H](O)[C@@H](O)[C@@H]2O)c1. The minimum absolute atomic E-state index is 0.121. The van der Waals surface area contributed by atoms with Crippen molar-refractivity contribution in [1.29, 1.82) is 0 Å². The van der Waals surface area contributed by atoms with E-state index in [4.69, 9.17) is 23.7 Å². The fraction of sp³-hybridized carbons (Fsp3) is 0.667. The third-order valence-electron chi connectivity index (χ3n) is 5.83. The summed E-state index contributed by atoms with van der Waals surface area (Å²) in [7, 11) is 1.31. The zero-order valence-electron chi connectivity index (χ0n) is 18.9. The Labute approximate surface area is 199 Å². The van der Waals surface area contributed by atoms with Crippen LogP contribution in [-0.2, 0) is 14.2 Å². The first kappa shape index (κ1) is 27.5. The number of ketones is 1. The molecule has 1 aromatic carbocycles. The largest absolute Gasteiger partial charge is 0.507 e. The van der Waals surface area contributed by atoms with Crippen molar-refractivity contribution in [3.05, 3.63) is 17.7 Å². The van der Waals surface area contributed by atoms with Crippen molar-refractivity contribution < 1.29 is 69.3 Å². The Morgan fingerprint density at radius 1 is 0.886 bits per heavy atom. The summed E-state index contributed by atoms with van der Waals surface area (Å²) in [6.45, 7) is -0.0707. The number of aliphatic hydroxyl groups excluding tert-OH is 7. The van der Waals surface area contributed by atoms with Gasteiger partial charge < -0.3 is 64.5 Å². The molecule has 2 aliphatic heterocycles. The smallest absolute Gasteiger partial charge is 0.229 e. The molecule has 10 atom stereocenters. The van der Waals surface area contributed by atoms with Crippen LogP contribution in [0.25, 0.3) is 0 Å². The summed E-state index contributed by atoms with van der Waals surface area (Å²) in [4.78, 5) is 12.0. The number of carbonyl (C=O) groups is 1. The number of rotatable bonds is 8. The molecule has 2 aliphatic rings. The van der Waals surface area contributed by atoms with Gasteiger partial charge in [0.25, 0.3) is 0 Å². The van der Waals surface area contributed by atoms with Crippen LogP contribution in [0.15, 0.2) is 12.1 Å². The van der Waals surface area contributed by atoms with E-state index >= 15 is 0 Å². The van der Waals surface area contributed by atoms with Crippen LogP contribution in [0, 0.1) is 0 Å². The van der Waals surface area contributed by atoms with Gasteiger partial charge in [-0.05, 0) is 6.92 Å². The number of phenolic OH excluding ortho intramolecular Hbond substituents is 1. The van der Waals surface area contributed by atoms with E-state index in [0.29, 0.717) is 0 Å². The highest BCUT2D eigenvalue weighted by molar-refractivity contribution is 5.99. The van der Waals surface area contributed by atoms with Gasteiger partial charge in [0.05, 0.1) is 20.3 Å². The number of aliphatic hydroxyl groups is 7. The van der Waals surface area contributed by atoms with Gasteiger partial charge in [0.15, 0.2) is 12.1 Å². The van der Waals surface area contributed by atoms with E-state index < -0.39 is 86.2 Å². The molecule has 3 rings (SSSR count). The minimum Gasteiger partial charge on any atom is -0.507 e. The van der Waals surface area contributed by atoms with Gasteiger partial charge in [-0.3, -0.25) is 4.79 Å². The van der Waals surface area contributed by atoms with Gasteiger partial charge in [-0.15, -0.1) is 0 Å². The lowest BCUT2D eigenvalue weighted by atomic mass is 9.98. The maximum atomic E-state index is 12.0. The van der Waals surface area contributed by atoms with Gasteiger partial charge in [0.1, 0.15) is 71.6 Å². The molecule has 14 heteroatoms. The van der Waals surface area contributed by atoms with E-state index in [1.54, 1.807) is 0 Å². The number of Topliss-reactive ketones (excluding diaryl/α,β-unsaturated/α-hetero) is 1. The second kappa shape index (κ2) is 11.3. The van der Waals surface area contributed by atoms with Gasteiger partial charge in [0.2, 0.25) is 6.29 Å². The molecule has 14 nitrogen and oxygen atoms in total. The number of ether oxygens (including phenoxy) is 5. The first-order chi connectivity index (χ1) is 16.5. The lowest BCUT2D eigenvalue weighted by molar-refractivity contribution is -0.323. The van der Waals surface area contributed by atoms with Crippen LogP contribution in [0.2, 0.25) is 0 Å². The number of methoxy groups -OCH3 is 1. The number of carbonyl (C=O) groups excluding carboxylic acids is 1. The highest BCUT2D eigenvalue weighted by atomic mass is 16.7. The monoisotopic (exact) mass is 506 g/mol. The van der Waals surface area contributed by atoms with E-state index in [-0.39, 0.29) is 17.1 Å². The summed E-state index contributed by atoms with van der Waals surface area (Å²) in [5.41, 5.74) is -0.240. The predicted molar refractivity (Wildman–Crippen MR) is 112 cm³/mol. The van der Waals surface area contributed by atoms with Crippen LogP contribution in [0.1, 0.15) is 17.3 Å². The summed E-state index contributed by atoms with van der Waals surface area (Å²) in [5, 5.41) is 80.2. The first-order valence-electron chi connectivity index (χ1n) is 10.7. The molecular formula is C21H30O14. The van der Waals surface area contributed by atoms with Crippen LogP contribution in [0.4, 0.5) is 0 Å². The standard InChI is InChI=1S/C21H30O14/c1-7(23)13-9(24)3-8(31-2)4-10(13)33-21-19(30)17(28)15(26)12(35-21)6-32-20-18(29)16(27)14(25)11(5-22)34-20/h3-4,11-12,14-22,24-30H,5-6H2,1-2H3/t11-,12+,14+,15+,16+,17-,18+,19+,20-,21+/m1/s1. The zero-order chi connectivity index (χ0) is 26.0. The summed E-state index contributed by atoms with van der Waals surface area (Å²) in [6, 6.07) is 2.43. The average molecular weight is 506 g/mol. The molecule has 0 aliphatic carbocycles. The van der Waals surface area contributed by atoms with E-state index in [1.165, 1.54) is 26.2 Å². The summed E-state index contributed by atoms with van der Waals surface area (Å²) in [5.74, 6) is -1.14. The molecule has 35 heavy (non-hydrogen) atoms. The summed E-state index contributed by atoms with van der Waals surface area (Å²) in [6.07, 6.45) is -16.1. The van der Waals surface area contributed by atoms with E-state index in [0.717, 1.165) is 0 Å². The van der Waals surface area contributed by atoms with Gasteiger partial charge in [-0.2, -0.15) is 0 Å². The highest BCUT2D eigenvalue weighted by Crippen LogP contribution is 2.36. The molecule has 1 aromatic rings. The Hall–Kier alpha value is -2.11. The van der Waals surface area contributed by atoms with Crippen LogP contribution >= 0.6 is 0 Å². The van der Waals surface area contributed by atoms with E-state index in [9.17, 15) is 45.6 Å². The first-order valence-corrected chi connectivity index (χ1v) is 10.7. The molecule has 8 N–H and O–H groups in total. The van der Waals surface area contributed by atoms with Gasteiger partial charge in [0, 0.05) is 12.1 Å². The second-order valence-corrected chi connectivity index (χ2v) is 8.24. The van der Waals surface area contributed by atoms with Crippen molar-refractivity contribution in [2.24, 2.45) is 0 Å². The van der Waals surface area contributed by atoms with Crippen LogP contribution in [-0.4, -0.2) is 128 Å². The highest BCUT2D eigenvalue weighted by Gasteiger charge is 2.48. The maximum Gasteiger partial charge on any atom is 0.229 e. The molecule has 198 valence electrons. The molecule has 0 spiro atoms. The van der Waals surface area contributed by atoms with Gasteiger partial charge >= 0.3 is 0 Å². The third-order valence-corrected chi connectivity index (χ3v) is 5.83. The van der Waals surface area contributed by atoms with Crippen molar-refractivity contribution >= 4 is 5.78 Å². The molecule has 0 radical (unpaired) electrons. The van der Waals surface area contributed by atoms with Crippen molar-refractivity contribution in [3.63, 3.8) is 0 Å². The lowest BCUT2D eigenvalue weighted by Gasteiger charge is -2.42. The lowest BCUT2D eigenvalue weighted by Crippen LogP contribution is -2.62. The van der Waals surface area contributed by atoms with Crippen LogP contribution in [0.3, 0.4) is 0 Å². The van der Waals surface area contributed by atoms with Gasteiger partial charge in [-0.25, -0.2) is 0 Å². The molecule has 0 saturated carbocycles. The second-order valence-electron chi connectivity index (χ2n) is 8.24. The molecule has 2 saturated heterocycles. The average Bonchev–Trinajstić information content (AvgIpc) is 2.82. The number of hydrogen-bond acceptors (Lipinski definition) is 14. The normalized spacial score (nSPS) is 37.6. The number of aromatic hydroxyl groups is 1. The molecule has 0 bridgehead atoms. The zero-order valence-corrected chi connectivity index (χ0v) is 18.9. The number of benzene rings is 1. The number of hydrogen-bond donors (Lipinski definition) is 8. The minimum atomic E-state index is -1.79. The molecular weight excluding hydrogens is 476 g/mol. The molecule has 0 amide bonds. The number of phenols is 1. The fourth-order valence-electron chi connectivity index (χ4n) is 3.81. The molecule has 2 fully saturated rings. The molecule has 2 heterocycles. The van der Waals surface area contributed by atoms with Crippen molar-refractivity contribution in [1.82, 2.24) is 0 Å². The van der Waals surface area contributed by atoms with Crippen molar-refractivity contribution in [2.45, 2.75) is 68.3 Å². The molecule has 0 unspecified atom stereocenters. The Morgan fingerprint density at radius 3 is 2.03 bits per heavy atom. The van der Waals surface area contributed by atoms with Crippen LogP contribution < -0.4 is 9.47 Å².